The maximum Gasteiger partial charge on any atom is 0.303 e. The van der Waals surface area contributed by atoms with E-state index in [1.807, 2.05) is 11.9 Å². The second-order valence-electron chi connectivity index (χ2n) is 3.46. The predicted octanol–water partition coefficient (Wildman–Crippen LogP) is 0.554. The van der Waals surface area contributed by atoms with Crippen molar-refractivity contribution in [1.82, 2.24) is 4.90 Å². The molecule has 4 heteroatoms. The van der Waals surface area contributed by atoms with Crippen LogP contribution in [0.15, 0.2) is 0 Å². The molecule has 0 aromatic heterocycles. The number of hydrogen-bond acceptors (Lipinski definition) is 3. The first-order valence-electron chi connectivity index (χ1n) is 4.60. The van der Waals surface area contributed by atoms with Gasteiger partial charge in [0.25, 0.3) is 0 Å². The fourth-order valence-electron chi connectivity index (χ4n) is 1.20. The van der Waals surface area contributed by atoms with Crippen molar-refractivity contribution in [2.45, 2.75) is 32.3 Å². The van der Waals surface area contributed by atoms with Crippen LogP contribution in [0.4, 0.5) is 0 Å². The Labute approximate surface area is 79.2 Å². The van der Waals surface area contributed by atoms with Gasteiger partial charge < -0.3 is 15.1 Å². The molecule has 0 aliphatic carbocycles. The number of unbranched alkanes of at least 4 members (excludes halogenated alkanes) is 1. The number of carboxylic acid groups (broad SMARTS) is 1. The van der Waals surface area contributed by atoms with Gasteiger partial charge in [-0.1, -0.05) is 0 Å². The predicted molar refractivity (Wildman–Crippen MR) is 50.7 cm³/mol. The van der Waals surface area contributed by atoms with Crippen molar-refractivity contribution in [2.24, 2.45) is 0 Å². The SMILES string of the molecule is CC(O)CN(C)CCCCC(=O)O. The lowest BCUT2D eigenvalue weighted by molar-refractivity contribution is -0.137. The van der Waals surface area contributed by atoms with Crippen LogP contribution in [0.3, 0.4) is 0 Å². The summed E-state index contributed by atoms with van der Waals surface area (Å²) in [6.45, 7) is 3.24. The minimum atomic E-state index is -0.738. The molecule has 0 amide bonds. The lowest BCUT2D eigenvalue weighted by atomic mass is 10.2. The van der Waals surface area contributed by atoms with Crippen LogP contribution in [-0.4, -0.2) is 47.3 Å². The third-order valence-electron chi connectivity index (χ3n) is 1.76. The summed E-state index contributed by atoms with van der Waals surface area (Å²) in [4.78, 5) is 12.2. The molecule has 1 atom stereocenters. The second-order valence-corrected chi connectivity index (χ2v) is 3.46. The highest BCUT2D eigenvalue weighted by Gasteiger charge is 2.02. The third-order valence-corrected chi connectivity index (χ3v) is 1.76. The van der Waals surface area contributed by atoms with E-state index in [0.717, 1.165) is 13.0 Å². The zero-order chi connectivity index (χ0) is 10.3. The lowest BCUT2D eigenvalue weighted by Crippen LogP contribution is -2.28. The lowest BCUT2D eigenvalue weighted by Gasteiger charge is -2.17. The molecular weight excluding hydrogens is 170 g/mol. The first-order chi connectivity index (χ1) is 6.02. The van der Waals surface area contributed by atoms with Gasteiger partial charge in [0, 0.05) is 13.0 Å². The summed E-state index contributed by atoms with van der Waals surface area (Å²) in [6, 6.07) is 0. The Bertz CT molecular complexity index is 148. The number of aliphatic hydroxyl groups is 1. The van der Waals surface area contributed by atoms with Gasteiger partial charge in [0.2, 0.25) is 0 Å². The maximum absolute atomic E-state index is 10.2. The normalized spacial score (nSPS) is 13.2. The zero-order valence-corrected chi connectivity index (χ0v) is 8.36. The van der Waals surface area contributed by atoms with E-state index < -0.39 is 5.97 Å². The molecule has 78 valence electrons. The number of nitrogens with zero attached hydrogens (tertiary/aromatic N) is 1. The van der Waals surface area contributed by atoms with Crippen LogP contribution in [0, 0.1) is 0 Å². The fourth-order valence-corrected chi connectivity index (χ4v) is 1.20. The molecule has 0 radical (unpaired) electrons. The maximum atomic E-state index is 10.2. The molecule has 0 aliphatic rings. The van der Waals surface area contributed by atoms with Crippen molar-refractivity contribution in [2.75, 3.05) is 20.1 Å². The average Bonchev–Trinajstić information content (AvgIpc) is 1.96. The van der Waals surface area contributed by atoms with Crippen LogP contribution in [0.25, 0.3) is 0 Å². The molecule has 0 spiro atoms. The third kappa shape index (κ3) is 9.30. The van der Waals surface area contributed by atoms with E-state index in [9.17, 15) is 4.79 Å². The molecule has 0 fully saturated rings. The van der Waals surface area contributed by atoms with Gasteiger partial charge in [-0.15, -0.1) is 0 Å². The van der Waals surface area contributed by atoms with E-state index in [2.05, 4.69) is 0 Å². The van der Waals surface area contributed by atoms with Gasteiger partial charge in [0.05, 0.1) is 6.10 Å². The van der Waals surface area contributed by atoms with Crippen LogP contribution in [0.1, 0.15) is 26.2 Å². The van der Waals surface area contributed by atoms with Gasteiger partial charge in [-0.05, 0) is 33.4 Å². The number of carbonyl (C=O) groups is 1. The quantitative estimate of drug-likeness (QED) is 0.574. The monoisotopic (exact) mass is 189 g/mol. The Kier molecular flexibility index (Phi) is 6.54. The Morgan fingerprint density at radius 1 is 1.46 bits per heavy atom. The van der Waals surface area contributed by atoms with Crippen molar-refractivity contribution in [3.05, 3.63) is 0 Å². The van der Waals surface area contributed by atoms with E-state index in [-0.39, 0.29) is 12.5 Å². The Balaban J connectivity index is 3.26. The highest BCUT2D eigenvalue weighted by molar-refractivity contribution is 5.66. The molecule has 0 bridgehead atoms. The van der Waals surface area contributed by atoms with E-state index in [4.69, 9.17) is 10.2 Å². The summed E-state index contributed by atoms with van der Waals surface area (Å²) < 4.78 is 0. The van der Waals surface area contributed by atoms with Crippen molar-refractivity contribution in [1.29, 1.82) is 0 Å². The molecule has 0 aromatic carbocycles. The Morgan fingerprint density at radius 3 is 2.54 bits per heavy atom. The van der Waals surface area contributed by atoms with E-state index in [1.54, 1.807) is 6.92 Å². The van der Waals surface area contributed by atoms with Crippen molar-refractivity contribution < 1.29 is 15.0 Å². The highest BCUT2D eigenvalue weighted by atomic mass is 16.4. The molecule has 0 saturated carbocycles. The van der Waals surface area contributed by atoms with Crippen LogP contribution in [0.2, 0.25) is 0 Å². The number of hydrogen-bond donors (Lipinski definition) is 2. The van der Waals surface area contributed by atoms with Gasteiger partial charge >= 0.3 is 5.97 Å². The standard InChI is InChI=1S/C9H19NO3/c1-8(11)7-10(2)6-4-3-5-9(12)13/h8,11H,3-7H2,1-2H3,(H,12,13). The fraction of sp³-hybridized carbons (Fsp3) is 0.889. The molecular formula is C9H19NO3. The van der Waals surface area contributed by atoms with Crippen LogP contribution in [0.5, 0.6) is 0 Å². The van der Waals surface area contributed by atoms with Crippen LogP contribution < -0.4 is 0 Å². The summed E-state index contributed by atoms with van der Waals surface area (Å²) in [5, 5.41) is 17.4. The number of aliphatic carboxylic acids is 1. The molecule has 13 heavy (non-hydrogen) atoms. The summed E-state index contributed by atoms with van der Waals surface area (Å²) in [6.07, 6.45) is 1.50. The van der Waals surface area contributed by atoms with Crippen molar-refractivity contribution in [3.8, 4) is 0 Å². The first-order valence-corrected chi connectivity index (χ1v) is 4.60. The minimum Gasteiger partial charge on any atom is -0.481 e. The summed E-state index contributed by atoms with van der Waals surface area (Å²) in [7, 11) is 1.92. The minimum absolute atomic E-state index is 0.239. The average molecular weight is 189 g/mol. The summed E-state index contributed by atoms with van der Waals surface area (Å²) in [5.74, 6) is -0.738. The topological polar surface area (TPSA) is 60.8 Å². The molecule has 0 aliphatic heterocycles. The first kappa shape index (κ1) is 12.4. The number of likely N-dealkylation sites (N-methyl/N-ethyl adjacent to an activating group) is 1. The summed E-state index contributed by atoms with van der Waals surface area (Å²) >= 11 is 0. The summed E-state index contributed by atoms with van der Waals surface area (Å²) in [5.41, 5.74) is 0. The number of rotatable bonds is 7. The van der Waals surface area contributed by atoms with Crippen LogP contribution >= 0.6 is 0 Å². The van der Waals surface area contributed by atoms with Gasteiger partial charge in [0.1, 0.15) is 0 Å². The molecule has 0 saturated heterocycles. The molecule has 4 nitrogen and oxygen atoms in total. The van der Waals surface area contributed by atoms with E-state index >= 15 is 0 Å². The van der Waals surface area contributed by atoms with Gasteiger partial charge in [0.15, 0.2) is 0 Å². The van der Waals surface area contributed by atoms with E-state index in [0.29, 0.717) is 13.0 Å². The molecule has 0 aromatic rings. The number of aliphatic hydroxyl groups excluding tert-OH is 1. The number of carboxylic acids is 1. The largest absolute Gasteiger partial charge is 0.481 e. The van der Waals surface area contributed by atoms with Crippen LogP contribution in [-0.2, 0) is 4.79 Å². The Morgan fingerprint density at radius 2 is 2.08 bits per heavy atom. The Hall–Kier alpha value is -0.610. The molecule has 1 unspecified atom stereocenters. The van der Waals surface area contributed by atoms with Crippen molar-refractivity contribution in [3.63, 3.8) is 0 Å². The van der Waals surface area contributed by atoms with Crippen molar-refractivity contribution >= 4 is 5.97 Å². The van der Waals surface area contributed by atoms with Gasteiger partial charge in [-0.25, -0.2) is 0 Å². The highest BCUT2D eigenvalue weighted by Crippen LogP contribution is 1.98. The smallest absolute Gasteiger partial charge is 0.303 e. The van der Waals surface area contributed by atoms with Gasteiger partial charge in [-0.2, -0.15) is 0 Å². The molecule has 0 rings (SSSR count). The molecule has 2 N–H and O–H groups in total. The zero-order valence-electron chi connectivity index (χ0n) is 8.36. The molecule has 0 heterocycles. The van der Waals surface area contributed by atoms with Gasteiger partial charge in [-0.3, -0.25) is 4.79 Å². The second kappa shape index (κ2) is 6.86. The van der Waals surface area contributed by atoms with E-state index in [1.165, 1.54) is 0 Å².